The van der Waals surface area contributed by atoms with Crippen molar-refractivity contribution in [3.05, 3.63) is 47.6 Å². The highest BCUT2D eigenvalue weighted by Gasteiger charge is 2.26. The number of aromatic nitrogens is 3. The molecule has 0 aliphatic carbocycles. The molecular weight excluding hydrogens is 386 g/mol. The number of piperazine rings is 1. The number of unbranched alkanes of at least 4 members (excludes halogenated alkanes) is 2. The van der Waals surface area contributed by atoms with Gasteiger partial charge in [-0.2, -0.15) is 4.31 Å². The van der Waals surface area contributed by atoms with Crippen LogP contribution in [0.4, 0.5) is 5.82 Å². The molecule has 0 radical (unpaired) electrons. The van der Waals surface area contributed by atoms with Gasteiger partial charge < -0.3 is 4.90 Å². The summed E-state index contributed by atoms with van der Waals surface area (Å²) >= 11 is 5.86. The van der Waals surface area contributed by atoms with Crippen LogP contribution in [0.1, 0.15) is 25.1 Å². The summed E-state index contributed by atoms with van der Waals surface area (Å²) in [5, 5.41) is 0.596. The fourth-order valence-electron chi connectivity index (χ4n) is 3.08. The average molecular weight is 410 g/mol. The number of anilines is 1. The molecule has 0 bridgehead atoms. The molecule has 9 heteroatoms. The first-order valence-corrected chi connectivity index (χ1v) is 11.1. The zero-order chi connectivity index (χ0) is 19.1. The third kappa shape index (κ3) is 5.85. The van der Waals surface area contributed by atoms with Crippen LogP contribution >= 0.6 is 11.6 Å². The topological polar surface area (TPSA) is 79.3 Å². The average Bonchev–Trinajstić information content (AvgIpc) is 2.69. The summed E-state index contributed by atoms with van der Waals surface area (Å²) in [6.07, 6.45) is 8.27. The molecule has 0 atom stereocenters. The molecule has 146 valence electrons. The minimum atomic E-state index is -3.21. The fraction of sp³-hybridized carbons (Fsp3) is 0.500. The van der Waals surface area contributed by atoms with Crippen LogP contribution in [0.3, 0.4) is 0 Å². The molecule has 1 saturated heterocycles. The largest absolute Gasteiger partial charge is 0.354 e. The number of halogens is 1. The lowest BCUT2D eigenvalue weighted by Crippen LogP contribution is -2.49. The Bertz CT molecular complexity index is 809. The molecule has 0 amide bonds. The van der Waals surface area contributed by atoms with Crippen LogP contribution in [-0.4, -0.2) is 59.6 Å². The second-order valence-corrected chi connectivity index (χ2v) is 9.04. The third-order valence-corrected chi connectivity index (χ3v) is 6.77. The molecule has 0 unspecified atom stereocenters. The van der Waals surface area contributed by atoms with Crippen LogP contribution in [0.2, 0.25) is 5.02 Å². The van der Waals surface area contributed by atoms with Crippen LogP contribution < -0.4 is 4.90 Å². The predicted molar refractivity (Wildman–Crippen MR) is 106 cm³/mol. The van der Waals surface area contributed by atoms with Gasteiger partial charge >= 0.3 is 0 Å². The number of hydrogen-bond acceptors (Lipinski definition) is 6. The zero-order valence-electron chi connectivity index (χ0n) is 15.2. The van der Waals surface area contributed by atoms with Gasteiger partial charge in [-0.25, -0.2) is 23.4 Å². The molecule has 1 aliphatic heterocycles. The maximum atomic E-state index is 12.6. The summed E-state index contributed by atoms with van der Waals surface area (Å²) in [5.74, 6) is 1.84. The van der Waals surface area contributed by atoms with Gasteiger partial charge in [-0.3, -0.25) is 0 Å². The van der Waals surface area contributed by atoms with E-state index >= 15 is 0 Å². The zero-order valence-corrected chi connectivity index (χ0v) is 16.7. The van der Waals surface area contributed by atoms with Crippen molar-refractivity contribution in [1.29, 1.82) is 0 Å². The van der Waals surface area contributed by atoms with Gasteiger partial charge in [-0.05, 0) is 31.0 Å². The van der Waals surface area contributed by atoms with Gasteiger partial charge in [-0.1, -0.05) is 18.0 Å². The first-order chi connectivity index (χ1) is 13.0. The number of sulfonamides is 1. The maximum Gasteiger partial charge on any atom is 0.214 e. The van der Waals surface area contributed by atoms with Crippen LogP contribution in [0.15, 0.2) is 36.8 Å². The highest BCUT2D eigenvalue weighted by Crippen LogP contribution is 2.18. The van der Waals surface area contributed by atoms with E-state index in [0.717, 1.165) is 30.9 Å². The smallest absolute Gasteiger partial charge is 0.214 e. The Morgan fingerprint density at radius 3 is 2.37 bits per heavy atom. The van der Waals surface area contributed by atoms with E-state index in [4.69, 9.17) is 11.6 Å². The molecule has 3 rings (SSSR count). The standard InChI is InChI=1S/C18H24ClN5O2S/c19-16-6-7-18(22-15-16)23-10-12-24(13-11-23)27(25,26)14-3-1-2-5-17-20-8-4-9-21-17/h4,6-9,15H,1-3,5,10-14H2. The van der Waals surface area contributed by atoms with E-state index in [1.165, 1.54) is 0 Å². The first kappa shape index (κ1) is 20.0. The molecule has 2 aromatic heterocycles. The van der Waals surface area contributed by atoms with Crippen molar-refractivity contribution in [1.82, 2.24) is 19.3 Å². The summed E-state index contributed by atoms with van der Waals surface area (Å²) in [6.45, 7) is 2.26. The summed E-state index contributed by atoms with van der Waals surface area (Å²) in [4.78, 5) is 14.7. The Morgan fingerprint density at radius 2 is 1.70 bits per heavy atom. The summed E-state index contributed by atoms with van der Waals surface area (Å²) < 4.78 is 26.7. The Labute approximate surface area is 165 Å². The third-order valence-electron chi connectivity index (χ3n) is 4.59. The summed E-state index contributed by atoms with van der Waals surface area (Å²) in [7, 11) is -3.21. The van der Waals surface area contributed by atoms with Gasteiger partial charge in [0.05, 0.1) is 10.8 Å². The fourth-order valence-corrected chi connectivity index (χ4v) is 4.74. The Kier molecular flexibility index (Phi) is 6.98. The molecule has 0 saturated carbocycles. The van der Waals surface area contributed by atoms with E-state index in [2.05, 4.69) is 19.9 Å². The lowest BCUT2D eigenvalue weighted by molar-refractivity contribution is 0.383. The van der Waals surface area contributed by atoms with Gasteiger partial charge in [0.25, 0.3) is 0 Å². The molecule has 27 heavy (non-hydrogen) atoms. The van der Waals surface area contributed by atoms with Crippen molar-refractivity contribution < 1.29 is 8.42 Å². The molecular formula is C18H24ClN5O2S. The van der Waals surface area contributed by atoms with E-state index in [9.17, 15) is 8.42 Å². The molecule has 1 aliphatic rings. The van der Waals surface area contributed by atoms with Crippen molar-refractivity contribution in [3.63, 3.8) is 0 Å². The Morgan fingerprint density at radius 1 is 0.963 bits per heavy atom. The maximum absolute atomic E-state index is 12.6. The number of aryl methyl sites for hydroxylation is 1. The summed E-state index contributed by atoms with van der Waals surface area (Å²) in [5.41, 5.74) is 0. The van der Waals surface area contributed by atoms with Gasteiger partial charge in [-0.15, -0.1) is 0 Å². The SMILES string of the molecule is O=S(=O)(CCCCCc1ncccn1)N1CCN(c2ccc(Cl)cn2)CC1. The summed E-state index contributed by atoms with van der Waals surface area (Å²) in [6, 6.07) is 5.45. The molecule has 0 N–H and O–H groups in total. The molecule has 0 spiro atoms. The predicted octanol–water partition coefficient (Wildman–Crippen LogP) is 2.39. The van der Waals surface area contributed by atoms with Crippen LogP contribution in [0.5, 0.6) is 0 Å². The van der Waals surface area contributed by atoms with Crippen LogP contribution in [0, 0.1) is 0 Å². The lowest BCUT2D eigenvalue weighted by Gasteiger charge is -2.34. The monoisotopic (exact) mass is 409 g/mol. The van der Waals surface area contributed by atoms with E-state index in [-0.39, 0.29) is 5.75 Å². The first-order valence-electron chi connectivity index (χ1n) is 9.15. The Hall–Kier alpha value is -1.77. The number of nitrogens with zero attached hydrogens (tertiary/aromatic N) is 5. The molecule has 1 fully saturated rings. The van der Waals surface area contributed by atoms with Gasteiger partial charge in [0.15, 0.2) is 0 Å². The second-order valence-electron chi connectivity index (χ2n) is 6.51. The molecule has 7 nitrogen and oxygen atoms in total. The van der Waals surface area contributed by atoms with Gasteiger partial charge in [0.1, 0.15) is 11.6 Å². The lowest BCUT2D eigenvalue weighted by atomic mass is 10.2. The minimum Gasteiger partial charge on any atom is -0.354 e. The normalized spacial score (nSPS) is 15.8. The van der Waals surface area contributed by atoms with Crippen molar-refractivity contribution in [3.8, 4) is 0 Å². The van der Waals surface area contributed by atoms with Crippen LogP contribution in [0.25, 0.3) is 0 Å². The Balaban J connectivity index is 1.39. The van der Waals surface area contributed by atoms with E-state index in [1.807, 2.05) is 6.07 Å². The van der Waals surface area contributed by atoms with E-state index < -0.39 is 10.0 Å². The van der Waals surface area contributed by atoms with Crippen LogP contribution in [-0.2, 0) is 16.4 Å². The molecule has 3 heterocycles. The number of pyridine rings is 1. The van der Waals surface area contributed by atoms with Gasteiger partial charge in [0.2, 0.25) is 10.0 Å². The van der Waals surface area contributed by atoms with Crippen molar-refractivity contribution in [2.24, 2.45) is 0 Å². The van der Waals surface area contributed by atoms with Crippen molar-refractivity contribution in [2.75, 3.05) is 36.8 Å². The van der Waals surface area contributed by atoms with Crippen molar-refractivity contribution >= 4 is 27.4 Å². The number of rotatable bonds is 8. The quantitative estimate of drug-likeness (QED) is 0.623. The highest BCUT2D eigenvalue weighted by atomic mass is 35.5. The molecule has 2 aromatic rings. The number of hydrogen-bond donors (Lipinski definition) is 0. The highest BCUT2D eigenvalue weighted by molar-refractivity contribution is 7.89. The van der Waals surface area contributed by atoms with E-state index in [0.29, 0.717) is 37.6 Å². The van der Waals surface area contributed by atoms with E-state index in [1.54, 1.807) is 35.0 Å². The van der Waals surface area contributed by atoms with Gasteiger partial charge in [0, 0.05) is 51.2 Å². The molecule has 0 aromatic carbocycles. The van der Waals surface area contributed by atoms with Crippen molar-refractivity contribution in [2.45, 2.75) is 25.7 Å². The minimum absolute atomic E-state index is 0.196. The second kappa shape index (κ2) is 9.43.